The number of nitrogens with zero attached hydrogens (tertiary/aromatic N) is 2. The molecule has 2 aromatic rings. The molecule has 5 nitrogen and oxygen atoms in total. The van der Waals surface area contributed by atoms with Crippen molar-refractivity contribution in [3.05, 3.63) is 47.3 Å². The van der Waals surface area contributed by atoms with E-state index in [1.165, 1.54) is 11.8 Å². The molecule has 0 bridgehead atoms. The van der Waals surface area contributed by atoms with Crippen molar-refractivity contribution in [2.45, 2.75) is 13.8 Å². The summed E-state index contributed by atoms with van der Waals surface area (Å²) in [5, 5.41) is 4.01. The molecule has 0 unspecified atom stereocenters. The summed E-state index contributed by atoms with van der Waals surface area (Å²) >= 11 is 0. The van der Waals surface area contributed by atoms with Crippen LogP contribution < -0.4 is 4.74 Å². The van der Waals surface area contributed by atoms with Gasteiger partial charge in [-0.2, -0.15) is 5.10 Å². The monoisotopic (exact) mass is 274 g/mol. The summed E-state index contributed by atoms with van der Waals surface area (Å²) in [6.07, 6.45) is 1.51. The topological polar surface area (TPSA) is 53.4 Å². The van der Waals surface area contributed by atoms with Gasteiger partial charge >= 0.3 is 5.97 Å². The van der Waals surface area contributed by atoms with E-state index in [0.29, 0.717) is 12.2 Å². The molecule has 0 saturated carbocycles. The van der Waals surface area contributed by atoms with Crippen LogP contribution in [0.25, 0.3) is 0 Å². The third-order valence-corrected chi connectivity index (χ3v) is 3.06. The fraction of sp³-hybridized carbons (Fsp3) is 0.333. The molecule has 0 spiro atoms. The lowest BCUT2D eigenvalue weighted by Crippen LogP contribution is -2.13. The van der Waals surface area contributed by atoms with Gasteiger partial charge in [-0.15, -0.1) is 0 Å². The van der Waals surface area contributed by atoms with Crippen LogP contribution in [0.5, 0.6) is 5.75 Å². The number of rotatable bonds is 5. The number of hydrogen-bond acceptors (Lipinski definition) is 4. The van der Waals surface area contributed by atoms with Crippen molar-refractivity contribution in [3.8, 4) is 5.75 Å². The van der Waals surface area contributed by atoms with Crippen molar-refractivity contribution in [3.63, 3.8) is 0 Å². The zero-order valence-corrected chi connectivity index (χ0v) is 11.9. The van der Waals surface area contributed by atoms with Gasteiger partial charge in [0.25, 0.3) is 0 Å². The standard InChI is InChI=1S/C15H18N2O3/c1-11-4-6-13(7-5-11)19-8-9-20-15(18)14-10-16-17(3)12(14)2/h4-7,10H,8-9H2,1-3H3. The van der Waals surface area contributed by atoms with Crippen molar-refractivity contribution in [1.82, 2.24) is 9.78 Å². The van der Waals surface area contributed by atoms with Crippen LogP contribution in [0, 0.1) is 13.8 Å². The van der Waals surface area contributed by atoms with Crippen LogP contribution in [0.15, 0.2) is 30.5 Å². The Balaban J connectivity index is 1.77. The molecule has 1 heterocycles. The first kappa shape index (κ1) is 14.1. The second-order valence-corrected chi connectivity index (χ2v) is 4.56. The number of benzene rings is 1. The van der Waals surface area contributed by atoms with Crippen LogP contribution in [-0.4, -0.2) is 29.0 Å². The van der Waals surface area contributed by atoms with Crippen LogP contribution in [0.3, 0.4) is 0 Å². The Morgan fingerprint density at radius 2 is 1.90 bits per heavy atom. The molecule has 5 heteroatoms. The summed E-state index contributed by atoms with van der Waals surface area (Å²) in [7, 11) is 1.78. The fourth-order valence-corrected chi connectivity index (χ4v) is 1.71. The van der Waals surface area contributed by atoms with Gasteiger partial charge in [0.1, 0.15) is 24.5 Å². The highest BCUT2D eigenvalue weighted by atomic mass is 16.6. The molecular weight excluding hydrogens is 256 g/mol. The number of aryl methyl sites for hydroxylation is 2. The van der Waals surface area contributed by atoms with E-state index in [4.69, 9.17) is 9.47 Å². The van der Waals surface area contributed by atoms with Gasteiger partial charge in [0.15, 0.2) is 0 Å². The largest absolute Gasteiger partial charge is 0.490 e. The SMILES string of the molecule is Cc1ccc(OCCOC(=O)c2cnn(C)c2C)cc1. The molecule has 0 saturated heterocycles. The molecule has 0 aliphatic rings. The molecule has 0 N–H and O–H groups in total. The average Bonchev–Trinajstić information content (AvgIpc) is 2.77. The molecule has 1 aromatic heterocycles. The van der Waals surface area contributed by atoms with Crippen LogP contribution in [0.4, 0.5) is 0 Å². The van der Waals surface area contributed by atoms with Gasteiger partial charge in [-0.05, 0) is 26.0 Å². The maximum absolute atomic E-state index is 11.8. The Hall–Kier alpha value is -2.30. The van der Waals surface area contributed by atoms with E-state index in [0.717, 1.165) is 11.4 Å². The summed E-state index contributed by atoms with van der Waals surface area (Å²) < 4.78 is 12.3. The predicted molar refractivity (Wildman–Crippen MR) is 74.9 cm³/mol. The lowest BCUT2D eigenvalue weighted by molar-refractivity contribution is 0.0449. The van der Waals surface area contributed by atoms with Crippen molar-refractivity contribution < 1.29 is 14.3 Å². The van der Waals surface area contributed by atoms with E-state index in [9.17, 15) is 4.79 Å². The molecule has 1 aromatic carbocycles. The van der Waals surface area contributed by atoms with Gasteiger partial charge < -0.3 is 9.47 Å². The second kappa shape index (κ2) is 6.23. The fourth-order valence-electron chi connectivity index (χ4n) is 1.71. The average molecular weight is 274 g/mol. The summed E-state index contributed by atoms with van der Waals surface area (Å²) in [6, 6.07) is 7.73. The van der Waals surface area contributed by atoms with Crippen molar-refractivity contribution >= 4 is 5.97 Å². The summed E-state index contributed by atoms with van der Waals surface area (Å²) in [5.74, 6) is 0.396. The highest BCUT2D eigenvalue weighted by Gasteiger charge is 2.13. The molecule has 2 rings (SSSR count). The minimum Gasteiger partial charge on any atom is -0.490 e. The lowest BCUT2D eigenvalue weighted by Gasteiger charge is -2.07. The Kier molecular flexibility index (Phi) is 4.40. The number of carbonyl (C=O) groups is 1. The number of carbonyl (C=O) groups excluding carboxylic acids is 1. The van der Waals surface area contributed by atoms with E-state index in [-0.39, 0.29) is 12.6 Å². The molecular formula is C15H18N2O3. The first-order valence-corrected chi connectivity index (χ1v) is 6.43. The van der Waals surface area contributed by atoms with Gasteiger partial charge in [-0.3, -0.25) is 4.68 Å². The maximum Gasteiger partial charge on any atom is 0.341 e. The van der Waals surface area contributed by atoms with Gasteiger partial charge in [-0.1, -0.05) is 17.7 Å². The first-order valence-electron chi connectivity index (χ1n) is 6.43. The van der Waals surface area contributed by atoms with E-state index < -0.39 is 0 Å². The number of hydrogen-bond donors (Lipinski definition) is 0. The van der Waals surface area contributed by atoms with Crippen LogP contribution >= 0.6 is 0 Å². The molecule has 0 aliphatic carbocycles. The summed E-state index contributed by atoms with van der Waals surface area (Å²) in [5.41, 5.74) is 2.45. The van der Waals surface area contributed by atoms with Crippen molar-refractivity contribution in [1.29, 1.82) is 0 Å². The van der Waals surface area contributed by atoms with E-state index in [2.05, 4.69) is 5.10 Å². The molecule has 20 heavy (non-hydrogen) atoms. The second-order valence-electron chi connectivity index (χ2n) is 4.56. The van der Waals surface area contributed by atoms with E-state index in [1.807, 2.05) is 38.1 Å². The smallest absolute Gasteiger partial charge is 0.341 e. The number of aromatic nitrogens is 2. The van der Waals surface area contributed by atoms with Gasteiger partial charge in [0.05, 0.1) is 6.20 Å². The zero-order valence-electron chi connectivity index (χ0n) is 11.9. The van der Waals surface area contributed by atoms with E-state index in [1.54, 1.807) is 11.7 Å². The molecule has 0 atom stereocenters. The normalized spacial score (nSPS) is 10.3. The lowest BCUT2D eigenvalue weighted by atomic mass is 10.2. The zero-order chi connectivity index (χ0) is 14.5. The number of esters is 1. The molecule has 0 radical (unpaired) electrons. The highest BCUT2D eigenvalue weighted by molar-refractivity contribution is 5.90. The third-order valence-electron chi connectivity index (χ3n) is 3.06. The highest BCUT2D eigenvalue weighted by Crippen LogP contribution is 2.11. The van der Waals surface area contributed by atoms with Gasteiger partial charge in [0.2, 0.25) is 0 Å². The Bertz CT molecular complexity index is 588. The maximum atomic E-state index is 11.8. The third kappa shape index (κ3) is 3.38. The minimum atomic E-state index is -0.372. The first-order chi connectivity index (χ1) is 9.58. The Morgan fingerprint density at radius 1 is 1.20 bits per heavy atom. The van der Waals surface area contributed by atoms with Crippen molar-refractivity contribution in [2.24, 2.45) is 7.05 Å². The molecule has 106 valence electrons. The minimum absolute atomic E-state index is 0.209. The van der Waals surface area contributed by atoms with Gasteiger partial charge in [0, 0.05) is 12.7 Å². The van der Waals surface area contributed by atoms with Crippen LogP contribution in [-0.2, 0) is 11.8 Å². The molecule has 0 fully saturated rings. The van der Waals surface area contributed by atoms with Crippen molar-refractivity contribution in [2.75, 3.05) is 13.2 Å². The van der Waals surface area contributed by atoms with Crippen LogP contribution in [0.2, 0.25) is 0 Å². The summed E-state index contributed by atoms with van der Waals surface area (Å²) in [4.78, 5) is 11.8. The molecule has 0 aliphatic heterocycles. The predicted octanol–water partition coefficient (Wildman–Crippen LogP) is 2.27. The number of ether oxygens (including phenoxy) is 2. The van der Waals surface area contributed by atoms with Crippen LogP contribution in [0.1, 0.15) is 21.6 Å². The van der Waals surface area contributed by atoms with Gasteiger partial charge in [-0.25, -0.2) is 4.79 Å². The van der Waals surface area contributed by atoms with E-state index >= 15 is 0 Å². The Morgan fingerprint density at radius 3 is 2.50 bits per heavy atom. The quantitative estimate of drug-likeness (QED) is 0.620. The summed E-state index contributed by atoms with van der Waals surface area (Å²) in [6.45, 7) is 4.38. The molecule has 0 amide bonds. The Labute approximate surface area is 118 Å².